The van der Waals surface area contributed by atoms with Crippen molar-refractivity contribution in [1.29, 1.82) is 0 Å². The number of aromatic nitrogens is 3. The van der Waals surface area contributed by atoms with Crippen LogP contribution in [0.1, 0.15) is 6.92 Å². The molecular formula is C20H20BrN5O2S. The van der Waals surface area contributed by atoms with Gasteiger partial charge in [-0.25, -0.2) is 0 Å². The summed E-state index contributed by atoms with van der Waals surface area (Å²) < 4.78 is 8.53. The number of ether oxygens (including phenoxy) is 1. The lowest BCUT2D eigenvalue weighted by atomic mass is 10.3. The number of carbonyl (C=O) groups excluding carboxylic acids is 1. The van der Waals surface area contributed by atoms with Gasteiger partial charge in [-0.2, -0.15) is 0 Å². The maximum Gasteiger partial charge on any atom is 0.234 e. The Morgan fingerprint density at radius 1 is 1.14 bits per heavy atom. The van der Waals surface area contributed by atoms with Crippen LogP contribution in [0.4, 0.5) is 17.3 Å². The number of rotatable bonds is 7. The fourth-order valence-electron chi connectivity index (χ4n) is 3.08. The van der Waals surface area contributed by atoms with Gasteiger partial charge in [-0.3, -0.25) is 9.36 Å². The van der Waals surface area contributed by atoms with Gasteiger partial charge < -0.3 is 15.0 Å². The van der Waals surface area contributed by atoms with E-state index in [-0.39, 0.29) is 11.7 Å². The first-order chi connectivity index (χ1) is 14.1. The minimum atomic E-state index is -0.0731. The van der Waals surface area contributed by atoms with Gasteiger partial charge in [-0.15, -0.1) is 10.2 Å². The van der Waals surface area contributed by atoms with Crippen molar-refractivity contribution in [2.24, 2.45) is 0 Å². The molecule has 1 N–H and O–H groups in total. The molecule has 150 valence electrons. The number of hydrogen-bond donors (Lipinski definition) is 1. The fraction of sp³-hybridized carbons (Fsp3) is 0.250. The second-order valence-electron chi connectivity index (χ2n) is 6.36. The van der Waals surface area contributed by atoms with Gasteiger partial charge >= 0.3 is 0 Å². The largest absolute Gasteiger partial charge is 0.494 e. The highest BCUT2D eigenvalue weighted by molar-refractivity contribution is 9.10. The standard InChI is InChI=1S/C20H20BrN5O2S/c1-2-28-17-9-7-16(8-10-17)25-11-12-26-19(25)23-24-20(26)29-13-18(27)22-15-5-3-14(21)4-6-15/h3-10H,2,11-13H2,1H3,(H,22,27). The predicted molar refractivity (Wildman–Crippen MR) is 118 cm³/mol. The Balaban J connectivity index is 1.38. The van der Waals surface area contributed by atoms with E-state index in [0.29, 0.717) is 6.61 Å². The van der Waals surface area contributed by atoms with Gasteiger partial charge in [0.2, 0.25) is 11.9 Å². The lowest BCUT2D eigenvalue weighted by Gasteiger charge is -2.15. The summed E-state index contributed by atoms with van der Waals surface area (Å²) in [5, 5.41) is 12.2. The van der Waals surface area contributed by atoms with Gasteiger partial charge in [-0.1, -0.05) is 27.7 Å². The molecule has 0 radical (unpaired) electrons. The van der Waals surface area contributed by atoms with Gasteiger partial charge in [-0.05, 0) is 55.5 Å². The number of benzene rings is 2. The minimum Gasteiger partial charge on any atom is -0.494 e. The molecule has 0 bridgehead atoms. The first-order valence-corrected chi connectivity index (χ1v) is 11.0. The first kappa shape index (κ1) is 19.8. The highest BCUT2D eigenvalue weighted by Gasteiger charge is 2.26. The third-order valence-corrected chi connectivity index (χ3v) is 5.90. The maximum atomic E-state index is 12.2. The molecule has 0 saturated carbocycles. The number of hydrogen-bond acceptors (Lipinski definition) is 6. The summed E-state index contributed by atoms with van der Waals surface area (Å²) in [5.41, 5.74) is 1.82. The summed E-state index contributed by atoms with van der Waals surface area (Å²) in [6.07, 6.45) is 0. The molecule has 0 spiro atoms. The summed E-state index contributed by atoms with van der Waals surface area (Å²) in [4.78, 5) is 14.4. The summed E-state index contributed by atoms with van der Waals surface area (Å²) in [5.74, 6) is 1.85. The molecule has 4 rings (SSSR count). The Bertz CT molecular complexity index is 991. The molecule has 0 atom stereocenters. The first-order valence-electron chi connectivity index (χ1n) is 9.26. The SMILES string of the molecule is CCOc1ccc(N2CCn3c(SCC(=O)Nc4ccc(Br)cc4)nnc32)cc1. The van der Waals surface area contributed by atoms with Gasteiger partial charge in [0.05, 0.1) is 12.4 Å². The highest BCUT2D eigenvalue weighted by Crippen LogP contribution is 2.32. The molecule has 1 aliphatic heterocycles. The van der Waals surface area contributed by atoms with E-state index in [4.69, 9.17) is 4.74 Å². The summed E-state index contributed by atoms with van der Waals surface area (Å²) in [7, 11) is 0. The smallest absolute Gasteiger partial charge is 0.234 e. The second-order valence-corrected chi connectivity index (χ2v) is 8.21. The van der Waals surface area contributed by atoms with Crippen LogP contribution in [0.25, 0.3) is 0 Å². The molecular weight excluding hydrogens is 454 g/mol. The van der Waals surface area contributed by atoms with Gasteiger partial charge in [0.25, 0.3) is 0 Å². The van der Waals surface area contributed by atoms with Gasteiger partial charge in [0.1, 0.15) is 5.75 Å². The quantitative estimate of drug-likeness (QED) is 0.515. The van der Waals surface area contributed by atoms with Crippen LogP contribution in [0, 0.1) is 0 Å². The monoisotopic (exact) mass is 473 g/mol. The maximum absolute atomic E-state index is 12.2. The van der Waals surface area contributed by atoms with E-state index in [1.807, 2.05) is 60.0 Å². The molecule has 0 fully saturated rings. The minimum absolute atomic E-state index is 0.0731. The Hall–Kier alpha value is -2.52. The average molecular weight is 474 g/mol. The molecule has 2 aromatic carbocycles. The molecule has 7 nitrogen and oxygen atoms in total. The van der Waals surface area contributed by atoms with E-state index in [2.05, 4.69) is 36.3 Å². The zero-order chi connectivity index (χ0) is 20.2. The highest BCUT2D eigenvalue weighted by atomic mass is 79.9. The number of thioether (sulfide) groups is 1. The summed E-state index contributed by atoms with van der Waals surface area (Å²) in [6.45, 7) is 4.21. The van der Waals surface area contributed by atoms with Crippen LogP contribution in [0.2, 0.25) is 0 Å². The van der Waals surface area contributed by atoms with Crippen molar-refractivity contribution in [2.45, 2.75) is 18.6 Å². The van der Waals surface area contributed by atoms with Crippen LogP contribution in [-0.2, 0) is 11.3 Å². The van der Waals surface area contributed by atoms with Crippen LogP contribution >= 0.6 is 27.7 Å². The van der Waals surface area contributed by atoms with E-state index in [1.165, 1.54) is 11.8 Å². The van der Waals surface area contributed by atoms with Crippen molar-refractivity contribution in [3.05, 3.63) is 53.0 Å². The third kappa shape index (κ3) is 4.56. The molecule has 3 aromatic rings. The summed E-state index contributed by atoms with van der Waals surface area (Å²) in [6, 6.07) is 15.5. The number of carbonyl (C=O) groups is 1. The Morgan fingerprint density at radius 3 is 2.62 bits per heavy atom. The number of nitrogens with zero attached hydrogens (tertiary/aromatic N) is 4. The molecule has 0 saturated heterocycles. The molecule has 0 unspecified atom stereocenters. The van der Waals surface area contributed by atoms with E-state index < -0.39 is 0 Å². The van der Waals surface area contributed by atoms with Crippen molar-refractivity contribution in [1.82, 2.24) is 14.8 Å². The van der Waals surface area contributed by atoms with Crippen LogP contribution in [-0.4, -0.2) is 39.6 Å². The zero-order valence-corrected chi connectivity index (χ0v) is 18.2. The number of anilines is 3. The van der Waals surface area contributed by atoms with E-state index in [0.717, 1.165) is 45.8 Å². The second kappa shape index (κ2) is 8.87. The number of fused-ring (bicyclic) bond motifs is 1. The predicted octanol–water partition coefficient (Wildman–Crippen LogP) is 4.32. The molecule has 0 aliphatic carbocycles. The Kier molecular flexibility index (Phi) is 6.05. The molecule has 1 aliphatic rings. The third-order valence-electron chi connectivity index (χ3n) is 4.41. The van der Waals surface area contributed by atoms with Crippen molar-refractivity contribution >= 4 is 50.9 Å². The van der Waals surface area contributed by atoms with Gasteiger partial charge in [0.15, 0.2) is 5.16 Å². The average Bonchev–Trinajstić information content (AvgIpc) is 3.31. The van der Waals surface area contributed by atoms with Crippen LogP contribution in [0.3, 0.4) is 0 Å². The fourth-order valence-corrected chi connectivity index (χ4v) is 4.10. The molecule has 2 heterocycles. The van der Waals surface area contributed by atoms with Crippen molar-refractivity contribution in [3.8, 4) is 5.75 Å². The molecule has 9 heteroatoms. The van der Waals surface area contributed by atoms with E-state index in [9.17, 15) is 4.79 Å². The van der Waals surface area contributed by atoms with E-state index in [1.54, 1.807) is 0 Å². The molecule has 1 aromatic heterocycles. The summed E-state index contributed by atoms with van der Waals surface area (Å²) >= 11 is 4.77. The Morgan fingerprint density at radius 2 is 1.90 bits per heavy atom. The lowest BCUT2D eigenvalue weighted by molar-refractivity contribution is -0.113. The number of halogens is 1. The zero-order valence-electron chi connectivity index (χ0n) is 15.8. The topological polar surface area (TPSA) is 72.3 Å². The molecule has 1 amide bonds. The van der Waals surface area contributed by atoms with Crippen molar-refractivity contribution < 1.29 is 9.53 Å². The van der Waals surface area contributed by atoms with Crippen molar-refractivity contribution in [2.75, 3.05) is 29.1 Å². The van der Waals surface area contributed by atoms with Crippen molar-refractivity contribution in [3.63, 3.8) is 0 Å². The number of nitrogens with one attached hydrogen (secondary N) is 1. The van der Waals surface area contributed by atoms with E-state index >= 15 is 0 Å². The van der Waals surface area contributed by atoms with Gasteiger partial charge in [0, 0.05) is 28.9 Å². The lowest BCUT2D eigenvalue weighted by Crippen LogP contribution is -2.14. The van der Waals surface area contributed by atoms with Crippen LogP contribution < -0.4 is 15.0 Å². The normalized spacial score (nSPS) is 12.7. The Labute approximate surface area is 181 Å². The number of amides is 1. The van der Waals surface area contributed by atoms with Crippen LogP contribution in [0.15, 0.2) is 58.2 Å². The molecule has 29 heavy (non-hydrogen) atoms. The van der Waals surface area contributed by atoms with Crippen LogP contribution in [0.5, 0.6) is 5.75 Å².